The van der Waals surface area contributed by atoms with Gasteiger partial charge >= 0.3 is 12.1 Å². The fraction of sp³-hybridized carbons (Fsp3) is 0.250. The van der Waals surface area contributed by atoms with Gasteiger partial charge in [0.2, 0.25) is 0 Å². The number of carboxylic acid groups (broad SMARTS) is 1. The number of hydrogen-bond acceptors (Lipinski definition) is 4. The zero-order valence-electron chi connectivity index (χ0n) is 15.4. The first-order valence-electron chi connectivity index (χ1n) is 8.46. The Bertz CT molecular complexity index is 980. The Morgan fingerprint density at radius 2 is 1.90 bits per heavy atom. The van der Waals surface area contributed by atoms with Gasteiger partial charge in [0.05, 0.1) is 11.1 Å². The molecule has 0 radical (unpaired) electrons. The van der Waals surface area contributed by atoms with E-state index in [9.17, 15) is 32.6 Å². The first-order chi connectivity index (χ1) is 13.5. The first kappa shape index (κ1) is 20.7. The standard InChI is InChI=1S/C20H17F4NO4/c1-10-15-4-3-12(20(22,23)24)7-16(15)25(18(29-2)17(10)19(27)28)9-11-5-13(21)8-14(26)6-11/h3-8,18,26H,9H2,1-2H3,(H,27,28). The zero-order chi connectivity index (χ0) is 21.5. The molecule has 2 N–H and O–H groups in total. The molecule has 29 heavy (non-hydrogen) atoms. The smallest absolute Gasteiger partial charge is 0.416 e. The van der Waals surface area contributed by atoms with E-state index in [1.165, 1.54) is 31.1 Å². The fourth-order valence-corrected chi connectivity index (χ4v) is 3.48. The zero-order valence-corrected chi connectivity index (χ0v) is 15.4. The van der Waals surface area contributed by atoms with Crippen LogP contribution in [0.1, 0.15) is 23.6 Å². The lowest BCUT2D eigenvalue weighted by atomic mass is 9.91. The number of methoxy groups -OCH3 is 1. The predicted molar refractivity (Wildman–Crippen MR) is 96.7 cm³/mol. The van der Waals surface area contributed by atoms with E-state index < -0.39 is 29.8 Å². The maximum absolute atomic E-state index is 13.7. The molecule has 0 saturated carbocycles. The number of aliphatic carboxylic acids is 1. The molecule has 0 spiro atoms. The third kappa shape index (κ3) is 3.91. The molecule has 0 aliphatic carbocycles. The summed E-state index contributed by atoms with van der Waals surface area (Å²) in [6.45, 7) is 1.30. The molecule has 154 valence electrons. The van der Waals surface area contributed by atoms with Crippen molar-refractivity contribution in [2.75, 3.05) is 12.0 Å². The van der Waals surface area contributed by atoms with Crippen molar-refractivity contribution in [1.82, 2.24) is 0 Å². The summed E-state index contributed by atoms with van der Waals surface area (Å²) >= 11 is 0. The monoisotopic (exact) mass is 411 g/mol. The first-order valence-corrected chi connectivity index (χ1v) is 8.46. The van der Waals surface area contributed by atoms with Gasteiger partial charge in [-0.1, -0.05) is 6.07 Å². The largest absolute Gasteiger partial charge is 0.508 e. The fourth-order valence-electron chi connectivity index (χ4n) is 3.48. The number of benzene rings is 2. The Morgan fingerprint density at radius 1 is 1.21 bits per heavy atom. The molecule has 0 amide bonds. The van der Waals surface area contributed by atoms with Crippen LogP contribution >= 0.6 is 0 Å². The second kappa shape index (κ2) is 7.40. The molecule has 1 unspecified atom stereocenters. The number of aromatic hydroxyl groups is 1. The summed E-state index contributed by atoms with van der Waals surface area (Å²) < 4.78 is 58.8. The summed E-state index contributed by atoms with van der Waals surface area (Å²) in [5, 5.41) is 19.3. The summed E-state index contributed by atoms with van der Waals surface area (Å²) in [5.74, 6) is -2.38. The number of ether oxygens (including phenoxy) is 1. The number of phenolic OH excluding ortho intramolecular Hbond substituents is 1. The third-order valence-electron chi connectivity index (χ3n) is 4.72. The lowest BCUT2D eigenvalue weighted by Gasteiger charge is -2.39. The van der Waals surface area contributed by atoms with Crippen molar-refractivity contribution in [3.63, 3.8) is 0 Å². The Labute approximate surface area is 163 Å². The molecular weight excluding hydrogens is 394 g/mol. The van der Waals surface area contributed by atoms with Gasteiger partial charge in [-0.15, -0.1) is 0 Å². The Morgan fingerprint density at radius 3 is 2.45 bits per heavy atom. The van der Waals surface area contributed by atoms with Gasteiger partial charge in [0.25, 0.3) is 0 Å². The number of carbonyl (C=O) groups is 1. The molecule has 1 aliphatic heterocycles. The molecule has 1 heterocycles. The molecule has 2 aromatic rings. The lowest BCUT2D eigenvalue weighted by molar-refractivity contribution is -0.137. The number of anilines is 1. The van der Waals surface area contributed by atoms with Crippen LogP contribution in [-0.4, -0.2) is 29.5 Å². The maximum Gasteiger partial charge on any atom is 0.416 e. The molecule has 0 fully saturated rings. The Hall–Kier alpha value is -3.07. The topological polar surface area (TPSA) is 70.0 Å². The normalized spacial score (nSPS) is 16.8. The number of carboxylic acids is 1. The Kier molecular flexibility index (Phi) is 5.27. The van der Waals surface area contributed by atoms with Crippen LogP contribution in [0.4, 0.5) is 23.2 Å². The SMILES string of the molecule is COC1C(C(=O)O)=C(C)c2ccc(C(F)(F)F)cc2N1Cc1cc(O)cc(F)c1. The van der Waals surface area contributed by atoms with Gasteiger partial charge in [0.1, 0.15) is 11.6 Å². The maximum atomic E-state index is 13.7. The minimum Gasteiger partial charge on any atom is -0.508 e. The van der Waals surface area contributed by atoms with Crippen molar-refractivity contribution in [2.45, 2.75) is 25.9 Å². The summed E-state index contributed by atoms with van der Waals surface area (Å²) in [6.07, 6.45) is -5.82. The molecular formula is C20H17F4NO4. The summed E-state index contributed by atoms with van der Waals surface area (Å²) in [4.78, 5) is 13.1. The van der Waals surface area contributed by atoms with Crippen LogP contribution < -0.4 is 4.90 Å². The van der Waals surface area contributed by atoms with Crippen LogP contribution in [0.15, 0.2) is 42.0 Å². The van der Waals surface area contributed by atoms with E-state index >= 15 is 0 Å². The molecule has 0 saturated heterocycles. The van der Waals surface area contributed by atoms with Gasteiger partial charge in [-0.25, -0.2) is 9.18 Å². The minimum atomic E-state index is -4.61. The highest BCUT2D eigenvalue weighted by Gasteiger charge is 2.38. The van der Waals surface area contributed by atoms with Crippen LogP contribution in [0.25, 0.3) is 5.57 Å². The van der Waals surface area contributed by atoms with Gasteiger partial charge in [-0.05, 0) is 42.3 Å². The van der Waals surface area contributed by atoms with Gasteiger partial charge in [-0.2, -0.15) is 13.2 Å². The van der Waals surface area contributed by atoms with E-state index in [1.807, 2.05) is 0 Å². The number of phenols is 1. The van der Waals surface area contributed by atoms with Crippen molar-refractivity contribution in [3.05, 3.63) is 64.5 Å². The molecule has 3 rings (SSSR count). The third-order valence-corrected chi connectivity index (χ3v) is 4.72. The molecule has 9 heteroatoms. The van der Waals surface area contributed by atoms with Crippen LogP contribution in [0.5, 0.6) is 5.75 Å². The molecule has 1 atom stereocenters. The van der Waals surface area contributed by atoms with E-state index in [2.05, 4.69) is 0 Å². The van der Waals surface area contributed by atoms with E-state index in [1.54, 1.807) is 0 Å². The van der Waals surface area contributed by atoms with Crippen LogP contribution in [0.3, 0.4) is 0 Å². The van der Waals surface area contributed by atoms with E-state index in [-0.39, 0.29) is 34.7 Å². The van der Waals surface area contributed by atoms with Crippen LogP contribution in [-0.2, 0) is 22.3 Å². The number of halogens is 4. The van der Waals surface area contributed by atoms with E-state index in [0.717, 1.165) is 24.3 Å². The van der Waals surface area contributed by atoms with Crippen molar-refractivity contribution in [3.8, 4) is 5.75 Å². The summed E-state index contributed by atoms with van der Waals surface area (Å²) in [7, 11) is 1.23. The highest BCUT2D eigenvalue weighted by atomic mass is 19.4. The molecule has 0 bridgehead atoms. The molecule has 5 nitrogen and oxygen atoms in total. The van der Waals surface area contributed by atoms with E-state index in [4.69, 9.17) is 4.74 Å². The molecule has 0 aromatic heterocycles. The highest BCUT2D eigenvalue weighted by molar-refractivity contribution is 6.01. The Balaban J connectivity index is 2.21. The summed E-state index contributed by atoms with van der Waals surface area (Å²) in [5.41, 5.74) is -0.156. The van der Waals surface area contributed by atoms with Gasteiger partial charge in [-0.3, -0.25) is 0 Å². The molecule has 1 aliphatic rings. The lowest BCUT2D eigenvalue weighted by Crippen LogP contribution is -2.43. The number of hydrogen-bond donors (Lipinski definition) is 2. The van der Waals surface area contributed by atoms with Crippen molar-refractivity contribution in [1.29, 1.82) is 0 Å². The number of allylic oxidation sites excluding steroid dienone is 1. The van der Waals surface area contributed by atoms with Crippen LogP contribution in [0, 0.1) is 5.82 Å². The second-order valence-electron chi connectivity index (χ2n) is 6.61. The second-order valence-corrected chi connectivity index (χ2v) is 6.61. The predicted octanol–water partition coefficient (Wildman–Crippen LogP) is 4.40. The number of fused-ring (bicyclic) bond motifs is 1. The number of alkyl halides is 3. The van der Waals surface area contributed by atoms with Gasteiger partial charge in [0, 0.05) is 31.0 Å². The molecule has 2 aromatic carbocycles. The average Bonchev–Trinajstić information content (AvgIpc) is 2.61. The quantitative estimate of drug-likeness (QED) is 0.730. The number of nitrogens with zero attached hydrogens (tertiary/aromatic N) is 1. The number of rotatable bonds is 4. The van der Waals surface area contributed by atoms with Crippen molar-refractivity contribution >= 4 is 17.2 Å². The summed E-state index contributed by atoms with van der Waals surface area (Å²) in [6, 6.07) is 6.22. The highest BCUT2D eigenvalue weighted by Crippen LogP contribution is 2.42. The van der Waals surface area contributed by atoms with Crippen molar-refractivity contribution in [2.24, 2.45) is 0 Å². The van der Waals surface area contributed by atoms with Gasteiger partial charge in [0.15, 0.2) is 6.23 Å². The minimum absolute atomic E-state index is 0.0953. The van der Waals surface area contributed by atoms with Crippen LogP contribution in [0.2, 0.25) is 0 Å². The average molecular weight is 411 g/mol. The van der Waals surface area contributed by atoms with Gasteiger partial charge < -0.3 is 19.8 Å². The van der Waals surface area contributed by atoms with Crippen molar-refractivity contribution < 1.29 is 37.3 Å². The van der Waals surface area contributed by atoms with E-state index in [0.29, 0.717) is 5.56 Å².